The molecule has 0 radical (unpaired) electrons. The smallest absolute Gasteiger partial charge is 0.291 e. The Kier molecular flexibility index (Phi) is 7.13. The molecule has 0 bridgehead atoms. The van der Waals surface area contributed by atoms with Crippen molar-refractivity contribution in [3.8, 4) is 17.1 Å². The molecule has 1 aliphatic heterocycles. The van der Waals surface area contributed by atoms with Crippen molar-refractivity contribution >= 4 is 33.5 Å². The molecule has 7 nitrogen and oxygen atoms in total. The topological polar surface area (TPSA) is 76.8 Å². The van der Waals surface area contributed by atoms with Gasteiger partial charge in [-0.05, 0) is 43.2 Å². The molecule has 0 unspecified atom stereocenters. The molecule has 0 aliphatic carbocycles. The number of benzene rings is 2. The molecule has 1 amide bonds. The van der Waals surface area contributed by atoms with Gasteiger partial charge in [-0.25, -0.2) is 0 Å². The van der Waals surface area contributed by atoms with Crippen molar-refractivity contribution in [3.63, 3.8) is 0 Å². The Morgan fingerprint density at radius 1 is 0.917 bits per heavy atom. The number of fused-ring (bicyclic) bond motifs is 2. The first-order valence-corrected chi connectivity index (χ1v) is 13.5. The molecule has 4 aromatic rings. The van der Waals surface area contributed by atoms with E-state index in [0.29, 0.717) is 34.0 Å². The van der Waals surface area contributed by atoms with Gasteiger partial charge in [0.2, 0.25) is 4.96 Å². The van der Waals surface area contributed by atoms with Gasteiger partial charge in [-0.3, -0.25) is 9.59 Å². The summed E-state index contributed by atoms with van der Waals surface area (Å²) in [4.78, 5) is 33.6. The van der Waals surface area contributed by atoms with Crippen LogP contribution in [0.5, 0.6) is 5.75 Å². The molecule has 36 heavy (non-hydrogen) atoms. The molecule has 0 N–H and O–H groups in total. The largest absolute Gasteiger partial charge is 0.494 e. The van der Waals surface area contributed by atoms with Gasteiger partial charge in [-0.15, -0.1) is 5.10 Å². The maximum absolute atomic E-state index is 13.4. The highest BCUT2D eigenvalue weighted by Crippen LogP contribution is 2.35. The zero-order valence-corrected chi connectivity index (χ0v) is 21.5. The second-order valence-electron chi connectivity index (χ2n) is 9.00. The van der Waals surface area contributed by atoms with Crippen LogP contribution in [0.25, 0.3) is 21.9 Å². The lowest BCUT2D eigenvalue weighted by atomic mass is 10.1. The van der Waals surface area contributed by atoms with Crippen LogP contribution in [0.1, 0.15) is 57.9 Å². The fraction of sp³-hybridized carbons (Fsp3) is 0.357. The molecular formula is C28H30N4O3S. The van der Waals surface area contributed by atoms with E-state index in [9.17, 15) is 9.59 Å². The van der Waals surface area contributed by atoms with E-state index in [1.807, 2.05) is 48.5 Å². The normalized spacial score (nSPS) is 14.6. The number of rotatable bonds is 10. The lowest BCUT2D eigenvalue weighted by Gasteiger charge is -2.16. The highest BCUT2D eigenvalue weighted by Gasteiger charge is 2.33. The Morgan fingerprint density at radius 2 is 1.69 bits per heavy atom. The predicted octanol–water partition coefficient (Wildman–Crippen LogP) is 4.84. The number of anilines is 1. The number of ether oxygens (including phenoxy) is 1. The van der Waals surface area contributed by atoms with Crippen molar-refractivity contribution in [1.82, 2.24) is 14.6 Å². The molecule has 0 saturated heterocycles. The van der Waals surface area contributed by atoms with E-state index in [1.165, 1.54) is 35.1 Å². The van der Waals surface area contributed by atoms with Gasteiger partial charge < -0.3 is 9.64 Å². The number of carbonyl (C=O) groups excluding carboxylic acids is 1. The summed E-state index contributed by atoms with van der Waals surface area (Å²) < 4.78 is 7.52. The van der Waals surface area contributed by atoms with Crippen molar-refractivity contribution < 1.29 is 9.53 Å². The summed E-state index contributed by atoms with van der Waals surface area (Å²) in [6.07, 6.45) is 6.54. The van der Waals surface area contributed by atoms with Crippen LogP contribution in [-0.2, 0) is 4.79 Å². The van der Waals surface area contributed by atoms with Crippen LogP contribution in [0.15, 0.2) is 53.3 Å². The second-order valence-corrected chi connectivity index (χ2v) is 9.98. The summed E-state index contributed by atoms with van der Waals surface area (Å²) in [6, 6.07) is 15.3. The number of thiazole rings is 1. The molecule has 3 heterocycles. The number of aromatic nitrogens is 3. The number of amides is 1. The van der Waals surface area contributed by atoms with E-state index >= 15 is 0 Å². The van der Waals surface area contributed by atoms with Crippen LogP contribution in [0.4, 0.5) is 5.69 Å². The summed E-state index contributed by atoms with van der Waals surface area (Å²) >= 11 is 1.22. The molecule has 0 atom stereocenters. The molecule has 0 saturated carbocycles. The van der Waals surface area contributed by atoms with E-state index in [2.05, 4.69) is 23.9 Å². The van der Waals surface area contributed by atoms with Gasteiger partial charge in [-0.2, -0.15) is 9.50 Å². The number of unbranched alkanes of at least 4 members (excludes halogenated alkanes) is 4. The number of para-hydroxylation sites is 1. The molecule has 0 fully saturated rings. The Balaban J connectivity index is 1.43. The van der Waals surface area contributed by atoms with Gasteiger partial charge in [0.15, 0.2) is 5.82 Å². The molecule has 0 spiro atoms. The molecule has 8 heteroatoms. The fourth-order valence-electron chi connectivity index (χ4n) is 4.46. The van der Waals surface area contributed by atoms with Crippen LogP contribution < -0.4 is 19.7 Å². The zero-order chi connectivity index (χ0) is 25.1. The van der Waals surface area contributed by atoms with E-state index in [4.69, 9.17) is 4.74 Å². The van der Waals surface area contributed by atoms with Crippen molar-refractivity contribution in [3.05, 3.63) is 69.0 Å². The fourth-order valence-corrected chi connectivity index (χ4v) is 5.46. The molecule has 1 aliphatic rings. The monoisotopic (exact) mass is 502 g/mol. The van der Waals surface area contributed by atoms with Crippen LogP contribution in [0.3, 0.4) is 0 Å². The maximum atomic E-state index is 13.4. The highest BCUT2D eigenvalue weighted by atomic mass is 32.1. The Bertz CT molecular complexity index is 1490. The summed E-state index contributed by atoms with van der Waals surface area (Å²) in [5, 5.41) is 4.47. The van der Waals surface area contributed by atoms with Crippen molar-refractivity contribution in [1.29, 1.82) is 0 Å². The van der Waals surface area contributed by atoms with Gasteiger partial charge in [0.05, 0.1) is 17.9 Å². The van der Waals surface area contributed by atoms with Crippen molar-refractivity contribution in [2.45, 2.75) is 52.4 Å². The predicted molar refractivity (Wildman–Crippen MR) is 144 cm³/mol. The first kappa shape index (κ1) is 24.2. The first-order chi connectivity index (χ1) is 17.6. The van der Waals surface area contributed by atoms with E-state index < -0.39 is 0 Å². The molecule has 186 valence electrons. The zero-order valence-electron chi connectivity index (χ0n) is 20.7. The van der Waals surface area contributed by atoms with Gasteiger partial charge in [0, 0.05) is 17.7 Å². The molecule has 2 aromatic carbocycles. The van der Waals surface area contributed by atoms with E-state index in [1.54, 1.807) is 4.90 Å². The Labute approximate surface area is 214 Å². The van der Waals surface area contributed by atoms with Crippen molar-refractivity contribution in [2.24, 2.45) is 0 Å². The Hall–Kier alpha value is -3.52. The van der Waals surface area contributed by atoms with Gasteiger partial charge >= 0.3 is 0 Å². The van der Waals surface area contributed by atoms with Crippen LogP contribution in [-0.4, -0.2) is 33.7 Å². The minimum absolute atomic E-state index is 0.128. The molecule has 5 rings (SSSR count). The van der Waals surface area contributed by atoms with Gasteiger partial charge in [0.1, 0.15) is 10.3 Å². The first-order valence-electron chi connectivity index (χ1n) is 12.7. The standard InChI is InChI=1S/C28H30N4O3S/c1-3-5-7-10-18-35-20-15-13-19(14-16-20)25-29-28-32(30-25)27(34)24(36-28)23-21-11-8-9-12-22(21)31(26(23)33)17-6-4-2/h8-9,11-16H,3-7,10,17-18H2,1-2H3/b24-23-. The Morgan fingerprint density at radius 3 is 2.44 bits per heavy atom. The van der Waals surface area contributed by atoms with Gasteiger partial charge in [0.25, 0.3) is 11.5 Å². The number of carbonyl (C=O) groups is 1. The minimum Gasteiger partial charge on any atom is -0.494 e. The third kappa shape index (κ3) is 4.53. The summed E-state index contributed by atoms with van der Waals surface area (Å²) in [6.45, 7) is 5.63. The van der Waals surface area contributed by atoms with E-state index in [-0.39, 0.29) is 11.5 Å². The maximum Gasteiger partial charge on any atom is 0.291 e. The number of hydrogen-bond donors (Lipinski definition) is 0. The van der Waals surface area contributed by atoms with Crippen LogP contribution >= 0.6 is 11.3 Å². The van der Waals surface area contributed by atoms with Crippen molar-refractivity contribution in [2.75, 3.05) is 18.1 Å². The average Bonchev–Trinajstić information content (AvgIpc) is 3.53. The molecular weight excluding hydrogens is 472 g/mol. The highest BCUT2D eigenvalue weighted by molar-refractivity contribution is 7.15. The lowest BCUT2D eigenvalue weighted by molar-refractivity contribution is -0.113. The average molecular weight is 503 g/mol. The lowest BCUT2D eigenvalue weighted by Crippen LogP contribution is -2.33. The third-order valence-electron chi connectivity index (χ3n) is 6.42. The van der Waals surface area contributed by atoms with E-state index in [0.717, 1.165) is 41.8 Å². The third-order valence-corrected chi connectivity index (χ3v) is 7.45. The molecule has 2 aromatic heterocycles. The minimum atomic E-state index is -0.309. The summed E-state index contributed by atoms with van der Waals surface area (Å²) in [5.74, 6) is 1.16. The second kappa shape index (κ2) is 10.6. The number of nitrogens with zero attached hydrogens (tertiary/aromatic N) is 4. The summed E-state index contributed by atoms with van der Waals surface area (Å²) in [7, 11) is 0. The quantitative estimate of drug-likeness (QED) is 0.290. The van der Waals surface area contributed by atoms with Crippen LogP contribution in [0, 0.1) is 0 Å². The summed E-state index contributed by atoms with van der Waals surface area (Å²) in [5.41, 5.74) is 2.61. The van der Waals surface area contributed by atoms with Gasteiger partial charge in [-0.1, -0.05) is 69.1 Å². The van der Waals surface area contributed by atoms with Crippen LogP contribution in [0.2, 0.25) is 0 Å². The number of hydrogen-bond acceptors (Lipinski definition) is 6. The SMILES string of the molecule is CCCCCCOc1ccc(-c2nc3s/c(=C4\C(=O)N(CCCC)c5ccccc54)c(=O)n3n2)cc1.